The first-order valence-corrected chi connectivity index (χ1v) is 14.3. The molecule has 0 fully saturated rings. The zero-order valence-electron chi connectivity index (χ0n) is 21.0. The summed E-state index contributed by atoms with van der Waals surface area (Å²) in [7, 11) is -3.94. The molecule has 1 amide bonds. The predicted octanol–water partition coefficient (Wildman–Crippen LogP) is 3.05. The molecule has 0 aliphatic heterocycles. The van der Waals surface area contributed by atoms with Gasteiger partial charge < -0.3 is 15.5 Å². The van der Waals surface area contributed by atoms with Gasteiger partial charge in [-0.1, -0.05) is 58.0 Å². The molecule has 0 radical (unpaired) electrons. The zero-order valence-corrected chi connectivity index (χ0v) is 22.7. The van der Waals surface area contributed by atoms with Crippen LogP contribution in [-0.2, 0) is 21.2 Å². The van der Waals surface area contributed by atoms with Crippen LogP contribution in [0.5, 0.6) is 0 Å². The lowest BCUT2D eigenvalue weighted by Gasteiger charge is -2.31. The van der Waals surface area contributed by atoms with Gasteiger partial charge in [0.05, 0.1) is 32.8 Å². The van der Waals surface area contributed by atoms with Gasteiger partial charge in [-0.2, -0.15) is 4.31 Å². The van der Waals surface area contributed by atoms with Crippen molar-refractivity contribution in [3.05, 3.63) is 59.6 Å². The number of rotatable bonds is 12. The number of thiazole rings is 1. The smallest absolute Gasteiger partial charge is 0.249 e. The highest BCUT2D eigenvalue weighted by molar-refractivity contribution is 7.89. The number of carbonyl (C=O) groups is 1. The highest BCUT2D eigenvalue weighted by Crippen LogP contribution is 2.25. The molecule has 0 aliphatic carbocycles. The number of aliphatic hydroxyl groups is 2. The van der Waals surface area contributed by atoms with Crippen molar-refractivity contribution in [1.29, 1.82) is 0 Å². The number of aliphatic hydroxyl groups excluding tert-OH is 2. The maximum atomic E-state index is 13.6. The lowest BCUT2D eigenvalue weighted by atomic mass is 9.99. The monoisotopic (exact) mass is 533 g/mol. The first kappa shape index (κ1) is 28.2. The number of nitrogens with zero attached hydrogens (tertiary/aromatic N) is 2. The van der Waals surface area contributed by atoms with Crippen LogP contribution in [0.4, 0.5) is 0 Å². The van der Waals surface area contributed by atoms with Crippen LogP contribution >= 0.6 is 11.3 Å². The number of benzene rings is 2. The van der Waals surface area contributed by atoms with Gasteiger partial charge in [-0.05, 0) is 42.0 Å². The Labute approximate surface area is 217 Å². The van der Waals surface area contributed by atoms with Crippen LogP contribution < -0.4 is 5.32 Å². The van der Waals surface area contributed by atoms with Gasteiger partial charge in [0.2, 0.25) is 15.9 Å². The van der Waals surface area contributed by atoms with Crippen molar-refractivity contribution in [3.8, 4) is 0 Å². The minimum Gasteiger partial charge on any atom is -0.390 e. The molecule has 36 heavy (non-hydrogen) atoms. The third-order valence-corrected chi connectivity index (χ3v) is 8.51. The maximum Gasteiger partial charge on any atom is 0.249 e. The van der Waals surface area contributed by atoms with E-state index >= 15 is 0 Å². The van der Waals surface area contributed by atoms with E-state index < -0.39 is 34.2 Å². The molecule has 0 saturated heterocycles. The molecule has 0 bridgehead atoms. The van der Waals surface area contributed by atoms with E-state index in [2.05, 4.69) is 10.3 Å². The van der Waals surface area contributed by atoms with E-state index in [1.54, 1.807) is 31.5 Å². The molecule has 0 unspecified atom stereocenters. The molecule has 3 atom stereocenters. The topological polar surface area (TPSA) is 120 Å². The Kier molecular flexibility index (Phi) is 9.59. The summed E-state index contributed by atoms with van der Waals surface area (Å²) in [6, 6.07) is 13.3. The molecule has 1 aromatic heterocycles. The number of hydrogen-bond donors (Lipinski definition) is 3. The molecule has 0 spiro atoms. The van der Waals surface area contributed by atoms with Gasteiger partial charge in [0.1, 0.15) is 6.10 Å². The molecule has 0 aliphatic rings. The normalized spacial score (nSPS) is 14.9. The SMILES string of the molecule is CC(C)CN(C[C@@H](O)[C@H](Cc1ccccc1)NC(=O)[C@@H](O)C(C)C)S(=O)(=O)c1ccc2ncsc2c1. The fourth-order valence-corrected chi connectivity index (χ4v) is 6.32. The second-order valence-corrected chi connectivity index (χ2v) is 12.6. The molecule has 0 saturated carbocycles. The number of fused-ring (bicyclic) bond motifs is 1. The average molecular weight is 534 g/mol. The number of nitrogens with one attached hydrogen (secondary N) is 1. The Balaban J connectivity index is 1.89. The Hall–Kier alpha value is -2.37. The van der Waals surface area contributed by atoms with Gasteiger partial charge in [-0.15, -0.1) is 11.3 Å². The largest absolute Gasteiger partial charge is 0.390 e. The number of aromatic nitrogens is 1. The first-order valence-electron chi connectivity index (χ1n) is 12.0. The fourth-order valence-electron chi connectivity index (χ4n) is 3.88. The molecule has 3 rings (SSSR count). The van der Waals surface area contributed by atoms with E-state index in [-0.39, 0.29) is 36.2 Å². The molecule has 10 heteroatoms. The second kappa shape index (κ2) is 12.2. The minimum atomic E-state index is -3.94. The lowest BCUT2D eigenvalue weighted by Crippen LogP contribution is -2.53. The molecule has 196 valence electrons. The van der Waals surface area contributed by atoms with Gasteiger partial charge in [0, 0.05) is 13.1 Å². The molecule has 8 nitrogen and oxygen atoms in total. The highest BCUT2D eigenvalue weighted by Gasteiger charge is 2.32. The summed E-state index contributed by atoms with van der Waals surface area (Å²) in [6.07, 6.45) is -2.17. The highest BCUT2D eigenvalue weighted by atomic mass is 32.2. The van der Waals surface area contributed by atoms with Crippen molar-refractivity contribution in [1.82, 2.24) is 14.6 Å². The molecular formula is C26H35N3O5S2. The van der Waals surface area contributed by atoms with Crippen molar-refractivity contribution in [2.45, 2.75) is 57.3 Å². The quantitative estimate of drug-likeness (QED) is 0.329. The van der Waals surface area contributed by atoms with Crippen LogP contribution in [0.25, 0.3) is 10.2 Å². The van der Waals surface area contributed by atoms with E-state index in [4.69, 9.17) is 0 Å². The van der Waals surface area contributed by atoms with E-state index in [0.717, 1.165) is 15.8 Å². The van der Waals surface area contributed by atoms with E-state index in [1.807, 2.05) is 44.2 Å². The summed E-state index contributed by atoms with van der Waals surface area (Å²) in [5.74, 6) is -0.901. The number of amides is 1. The maximum absolute atomic E-state index is 13.6. The van der Waals surface area contributed by atoms with E-state index in [1.165, 1.54) is 21.7 Å². The number of hydrogen-bond acceptors (Lipinski definition) is 7. The molecular weight excluding hydrogens is 498 g/mol. The van der Waals surface area contributed by atoms with Crippen LogP contribution in [0, 0.1) is 11.8 Å². The van der Waals surface area contributed by atoms with Gasteiger partial charge >= 0.3 is 0 Å². The standard InChI is InChI=1S/C26H35N3O5S2/c1-17(2)14-29(36(33,34)20-10-11-21-24(13-20)35-16-27-21)15-23(30)22(12-19-8-6-5-7-9-19)28-26(32)25(31)18(3)4/h5-11,13,16-18,22-23,25,30-31H,12,14-15H2,1-4H3,(H,28,32)/t22-,23+,25-/m0/s1. The summed E-state index contributed by atoms with van der Waals surface area (Å²) >= 11 is 1.36. The van der Waals surface area contributed by atoms with E-state index in [0.29, 0.717) is 0 Å². The third-order valence-electron chi connectivity index (χ3n) is 5.89. The van der Waals surface area contributed by atoms with Crippen LogP contribution in [-0.4, -0.2) is 65.2 Å². The van der Waals surface area contributed by atoms with E-state index in [9.17, 15) is 23.4 Å². The van der Waals surface area contributed by atoms with Crippen LogP contribution in [0.1, 0.15) is 33.3 Å². The summed E-state index contributed by atoms with van der Waals surface area (Å²) in [5, 5.41) is 24.2. The Morgan fingerprint density at radius 3 is 2.39 bits per heavy atom. The van der Waals surface area contributed by atoms with Crippen LogP contribution in [0.3, 0.4) is 0 Å². The van der Waals surface area contributed by atoms with Crippen molar-refractivity contribution in [3.63, 3.8) is 0 Å². The van der Waals surface area contributed by atoms with Gasteiger partial charge in [0.25, 0.3) is 0 Å². The lowest BCUT2D eigenvalue weighted by molar-refractivity contribution is -0.133. The fraction of sp³-hybridized carbons (Fsp3) is 0.462. The number of sulfonamides is 1. The molecule has 3 aromatic rings. The molecule has 3 N–H and O–H groups in total. The first-order chi connectivity index (χ1) is 17.0. The summed E-state index contributed by atoms with van der Waals surface area (Å²) < 4.78 is 29.3. The Morgan fingerprint density at radius 2 is 1.75 bits per heavy atom. The average Bonchev–Trinajstić information content (AvgIpc) is 3.31. The van der Waals surface area contributed by atoms with Crippen LogP contribution in [0.15, 0.2) is 58.9 Å². The van der Waals surface area contributed by atoms with Crippen molar-refractivity contribution < 1.29 is 23.4 Å². The minimum absolute atomic E-state index is 0.00374. The summed E-state index contributed by atoms with van der Waals surface area (Å²) in [5.41, 5.74) is 3.26. The molecule has 1 heterocycles. The van der Waals surface area contributed by atoms with Gasteiger partial charge in [0.15, 0.2) is 0 Å². The predicted molar refractivity (Wildman–Crippen MR) is 142 cm³/mol. The summed E-state index contributed by atoms with van der Waals surface area (Å²) in [6.45, 7) is 7.25. The Morgan fingerprint density at radius 1 is 1.06 bits per heavy atom. The van der Waals surface area contributed by atoms with Crippen LogP contribution in [0.2, 0.25) is 0 Å². The number of carbonyl (C=O) groups excluding carboxylic acids is 1. The van der Waals surface area contributed by atoms with Crippen molar-refractivity contribution >= 4 is 37.5 Å². The summed E-state index contributed by atoms with van der Waals surface area (Å²) in [4.78, 5) is 17.0. The third kappa shape index (κ3) is 7.10. The second-order valence-electron chi connectivity index (χ2n) is 9.76. The molecule has 2 aromatic carbocycles. The van der Waals surface area contributed by atoms with Gasteiger partial charge in [-0.3, -0.25) is 4.79 Å². The van der Waals surface area contributed by atoms with Crippen molar-refractivity contribution in [2.75, 3.05) is 13.1 Å². The zero-order chi connectivity index (χ0) is 26.5. The van der Waals surface area contributed by atoms with Crippen molar-refractivity contribution in [2.24, 2.45) is 11.8 Å². The van der Waals surface area contributed by atoms with Gasteiger partial charge in [-0.25, -0.2) is 13.4 Å². The Bertz CT molecular complexity index is 1240.